The number of carboxylic acid groups (broad SMARTS) is 1. The van der Waals surface area contributed by atoms with Crippen molar-refractivity contribution in [1.82, 2.24) is 9.88 Å². The van der Waals surface area contributed by atoms with Gasteiger partial charge in [0.25, 0.3) is 0 Å². The van der Waals surface area contributed by atoms with E-state index in [1.807, 2.05) is 25.3 Å². The van der Waals surface area contributed by atoms with Gasteiger partial charge in [-0.25, -0.2) is 4.79 Å². The van der Waals surface area contributed by atoms with Gasteiger partial charge >= 0.3 is 5.97 Å². The van der Waals surface area contributed by atoms with Crippen LogP contribution in [0.4, 0.5) is 0 Å². The van der Waals surface area contributed by atoms with Crippen molar-refractivity contribution in [3.05, 3.63) is 70.4 Å². The summed E-state index contributed by atoms with van der Waals surface area (Å²) in [5.74, 6) is -0.889. The van der Waals surface area contributed by atoms with Crippen LogP contribution >= 0.6 is 0 Å². The molecular formula is C25H30N2O3. The number of nitrogens with zero attached hydrogens (tertiary/aromatic N) is 1. The van der Waals surface area contributed by atoms with Crippen molar-refractivity contribution in [3.63, 3.8) is 0 Å². The number of carbonyl (C=O) groups is 1. The first-order chi connectivity index (χ1) is 14.5. The molecule has 2 unspecified atom stereocenters. The van der Waals surface area contributed by atoms with E-state index in [0.717, 1.165) is 38.1 Å². The molecule has 1 aliphatic rings. The number of aromatic amines is 1. The molecule has 5 heteroatoms. The van der Waals surface area contributed by atoms with Crippen molar-refractivity contribution < 1.29 is 14.6 Å². The Morgan fingerprint density at radius 1 is 1.20 bits per heavy atom. The Labute approximate surface area is 177 Å². The number of nitrogens with one attached hydrogen (secondary N) is 1. The third-order valence-corrected chi connectivity index (χ3v) is 6.35. The van der Waals surface area contributed by atoms with Crippen molar-refractivity contribution in [2.45, 2.75) is 52.3 Å². The summed E-state index contributed by atoms with van der Waals surface area (Å²) in [4.78, 5) is 17.2. The second-order valence-corrected chi connectivity index (χ2v) is 8.27. The van der Waals surface area contributed by atoms with Gasteiger partial charge in [0.2, 0.25) is 0 Å². The molecule has 1 aliphatic heterocycles. The second-order valence-electron chi connectivity index (χ2n) is 8.27. The topological polar surface area (TPSA) is 65.6 Å². The SMILES string of the molecule is CCOC1CCN(Cc2c(C)cc(C)c3[nH]ccc23)C(c2ccc(C(=O)O)cc2)C1. The average molecular weight is 407 g/mol. The van der Waals surface area contributed by atoms with E-state index in [1.165, 1.54) is 27.6 Å². The molecule has 1 saturated heterocycles. The first kappa shape index (κ1) is 20.6. The van der Waals surface area contributed by atoms with Crippen LogP contribution in [0.2, 0.25) is 0 Å². The molecule has 1 aromatic heterocycles. The summed E-state index contributed by atoms with van der Waals surface area (Å²) in [5, 5.41) is 10.5. The molecule has 2 atom stereocenters. The molecule has 2 N–H and O–H groups in total. The van der Waals surface area contributed by atoms with Gasteiger partial charge in [-0.1, -0.05) is 18.2 Å². The fraction of sp³-hybridized carbons (Fsp3) is 0.400. The molecule has 0 spiro atoms. The van der Waals surface area contributed by atoms with Crippen molar-refractivity contribution in [2.75, 3.05) is 13.2 Å². The van der Waals surface area contributed by atoms with E-state index in [0.29, 0.717) is 5.56 Å². The third-order valence-electron chi connectivity index (χ3n) is 6.35. The lowest BCUT2D eigenvalue weighted by atomic mass is 9.91. The lowest BCUT2D eigenvalue weighted by molar-refractivity contribution is -0.0137. The van der Waals surface area contributed by atoms with Crippen LogP contribution in [0.3, 0.4) is 0 Å². The number of likely N-dealkylation sites (tertiary alicyclic amines) is 1. The number of ether oxygens (including phenoxy) is 1. The predicted molar refractivity (Wildman–Crippen MR) is 119 cm³/mol. The van der Waals surface area contributed by atoms with Gasteiger partial charge in [-0.05, 0) is 74.1 Å². The number of carboxylic acids is 1. The van der Waals surface area contributed by atoms with Gasteiger partial charge in [-0.2, -0.15) is 0 Å². The van der Waals surface area contributed by atoms with Crippen molar-refractivity contribution in [3.8, 4) is 0 Å². The molecule has 3 aromatic rings. The Bertz CT molecular complexity index is 1040. The first-order valence-corrected chi connectivity index (χ1v) is 10.7. The summed E-state index contributed by atoms with van der Waals surface area (Å²) in [6.07, 6.45) is 4.19. The molecule has 158 valence electrons. The van der Waals surface area contributed by atoms with Crippen molar-refractivity contribution in [1.29, 1.82) is 0 Å². The lowest BCUT2D eigenvalue weighted by Gasteiger charge is -2.40. The number of aryl methyl sites for hydroxylation is 2. The number of rotatable bonds is 6. The maximum atomic E-state index is 11.3. The molecule has 0 amide bonds. The number of H-pyrrole nitrogens is 1. The number of aromatic nitrogens is 1. The molecule has 0 aliphatic carbocycles. The summed E-state index contributed by atoms with van der Waals surface area (Å²) in [5.41, 5.74) is 6.63. The second kappa shape index (κ2) is 8.62. The fourth-order valence-electron chi connectivity index (χ4n) is 4.81. The Balaban J connectivity index is 1.67. The zero-order chi connectivity index (χ0) is 21.3. The van der Waals surface area contributed by atoms with Crippen LogP contribution < -0.4 is 0 Å². The monoisotopic (exact) mass is 406 g/mol. The fourth-order valence-corrected chi connectivity index (χ4v) is 4.81. The minimum atomic E-state index is -0.889. The molecule has 0 saturated carbocycles. The number of piperidine rings is 1. The average Bonchev–Trinajstić information content (AvgIpc) is 3.22. The molecular weight excluding hydrogens is 376 g/mol. The van der Waals surface area contributed by atoms with Crippen LogP contribution in [-0.2, 0) is 11.3 Å². The molecule has 1 fully saturated rings. The van der Waals surface area contributed by atoms with E-state index >= 15 is 0 Å². The Morgan fingerprint density at radius 2 is 1.97 bits per heavy atom. The third kappa shape index (κ3) is 4.00. The molecule has 5 nitrogen and oxygen atoms in total. The van der Waals surface area contributed by atoms with Crippen LogP contribution in [0.15, 0.2) is 42.6 Å². The standard InChI is InChI=1S/C25H30N2O3/c1-4-30-20-10-12-27(23(14-20)18-5-7-19(8-6-18)25(28)29)15-22-16(2)13-17(3)24-21(22)9-11-26-24/h5-9,11,13,20,23,26H,4,10,12,14-15H2,1-3H3,(H,28,29). The molecule has 2 heterocycles. The maximum absolute atomic E-state index is 11.3. The van der Waals surface area contributed by atoms with Crippen LogP contribution in [0.25, 0.3) is 10.9 Å². The zero-order valence-electron chi connectivity index (χ0n) is 17.9. The Morgan fingerprint density at radius 3 is 2.67 bits per heavy atom. The van der Waals surface area contributed by atoms with Gasteiger partial charge in [0.15, 0.2) is 0 Å². The summed E-state index contributed by atoms with van der Waals surface area (Å²) < 4.78 is 5.97. The van der Waals surface area contributed by atoms with Gasteiger partial charge < -0.3 is 14.8 Å². The Hall–Kier alpha value is -2.63. The number of aromatic carboxylic acids is 1. The van der Waals surface area contributed by atoms with Gasteiger partial charge in [0.1, 0.15) is 0 Å². The quantitative estimate of drug-likeness (QED) is 0.589. The van der Waals surface area contributed by atoms with Crippen LogP contribution in [0, 0.1) is 13.8 Å². The highest BCUT2D eigenvalue weighted by atomic mass is 16.5. The highest BCUT2D eigenvalue weighted by Crippen LogP contribution is 2.36. The van der Waals surface area contributed by atoms with E-state index in [2.05, 4.69) is 35.9 Å². The smallest absolute Gasteiger partial charge is 0.335 e. The van der Waals surface area contributed by atoms with E-state index in [1.54, 1.807) is 12.1 Å². The van der Waals surface area contributed by atoms with Gasteiger partial charge in [0, 0.05) is 42.8 Å². The summed E-state index contributed by atoms with van der Waals surface area (Å²) in [6.45, 7) is 8.92. The summed E-state index contributed by atoms with van der Waals surface area (Å²) >= 11 is 0. The van der Waals surface area contributed by atoms with Crippen molar-refractivity contribution in [2.24, 2.45) is 0 Å². The van der Waals surface area contributed by atoms with E-state index < -0.39 is 5.97 Å². The Kier molecular flexibility index (Phi) is 5.93. The van der Waals surface area contributed by atoms with Crippen LogP contribution in [0.1, 0.15) is 58.4 Å². The zero-order valence-corrected chi connectivity index (χ0v) is 17.9. The summed E-state index contributed by atoms with van der Waals surface area (Å²) in [6, 6.07) is 12.0. The summed E-state index contributed by atoms with van der Waals surface area (Å²) in [7, 11) is 0. The van der Waals surface area contributed by atoms with E-state index in [4.69, 9.17) is 4.74 Å². The van der Waals surface area contributed by atoms with Crippen LogP contribution in [-0.4, -0.2) is 40.2 Å². The molecule has 2 aromatic carbocycles. The highest BCUT2D eigenvalue weighted by Gasteiger charge is 2.31. The van der Waals surface area contributed by atoms with E-state index in [-0.39, 0.29) is 12.1 Å². The van der Waals surface area contributed by atoms with Gasteiger partial charge in [0.05, 0.1) is 11.7 Å². The molecule has 0 bridgehead atoms. The van der Waals surface area contributed by atoms with Gasteiger partial charge in [-0.3, -0.25) is 4.90 Å². The minimum absolute atomic E-state index is 0.202. The molecule has 30 heavy (non-hydrogen) atoms. The van der Waals surface area contributed by atoms with Crippen molar-refractivity contribution >= 4 is 16.9 Å². The normalized spacial score (nSPS) is 20.0. The number of fused-ring (bicyclic) bond motifs is 1. The maximum Gasteiger partial charge on any atom is 0.335 e. The number of hydrogen-bond donors (Lipinski definition) is 2. The number of hydrogen-bond acceptors (Lipinski definition) is 3. The lowest BCUT2D eigenvalue weighted by Crippen LogP contribution is -2.39. The van der Waals surface area contributed by atoms with E-state index in [9.17, 15) is 9.90 Å². The molecule has 0 radical (unpaired) electrons. The van der Waals surface area contributed by atoms with Crippen LogP contribution in [0.5, 0.6) is 0 Å². The minimum Gasteiger partial charge on any atom is -0.478 e. The van der Waals surface area contributed by atoms with Gasteiger partial charge in [-0.15, -0.1) is 0 Å². The number of benzene rings is 2. The molecule has 4 rings (SSSR count). The largest absolute Gasteiger partial charge is 0.478 e. The first-order valence-electron chi connectivity index (χ1n) is 10.7. The predicted octanol–water partition coefficient (Wildman–Crippen LogP) is 5.23. The highest BCUT2D eigenvalue weighted by molar-refractivity contribution is 5.88.